The number of hydrogen-bond acceptors (Lipinski definition) is 4. The Morgan fingerprint density at radius 2 is 1.18 bits per heavy atom. The Kier molecular flexibility index (Phi) is 9.09. The number of rotatable bonds is 5. The summed E-state index contributed by atoms with van der Waals surface area (Å²) in [5.41, 5.74) is 14.0. The van der Waals surface area contributed by atoms with Gasteiger partial charge in [-0.15, -0.1) is 0 Å². The van der Waals surface area contributed by atoms with E-state index >= 15 is 0 Å². The van der Waals surface area contributed by atoms with Crippen LogP contribution in [0.1, 0.15) is 39.1 Å². The van der Waals surface area contributed by atoms with E-state index < -0.39 is 0 Å². The number of nitrogens with zero attached hydrogens (tertiary/aromatic N) is 2. The summed E-state index contributed by atoms with van der Waals surface area (Å²) in [6.45, 7) is 12.6. The number of pyridine rings is 1. The van der Waals surface area contributed by atoms with Crippen LogP contribution in [0.2, 0.25) is 0 Å². The van der Waals surface area contributed by atoms with Crippen LogP contribution in [0.5, 0.6) is 11.5 Å². The molecule has 0 saturated carbocycles. The quantitative estimate of drug-likeness (QED) is 0.172. The molecule has 6 rings (SSSR count). The molecule has 0 aliphatic heterocycles. The van der Waals surface area contributed by atoms with Gasteiger partial charge in [-0.2, -0.15) is 0 Å². The standard InChI is InChI=1S/C40H36N2O2.Pt/c1-23-15-25(3)38(26(4)16-23)30-13-14-33(36(43)20-30)34-11-8-10-32(42-34)22-41-35-12-7-9-29-19-31(21-37(44)40(29)35)39-27(5)17-24(2)18-28(39)6;/h7-22,43-44H,1-6H3;. The van der Waals surface area contributed by atoms with Crippen molar-refractivity contribution in [3.63, 3.8) is 0 Å². The average Bonchev–Trinajstić information content (AvgIpc) is 2.95. The minimum Gasteiger partial charge on any atom is -0.507 e. The summed E-state index contributed by atoms with van der Waals surface area (Å²) in [5.74, 6) is 0.368. The fourth-order valence-corrected chi connectivity index (χ4v) is 6.62. The second-order valence-electron chi connectivity index (χ2n) is 11.9. The first-order chi connectivity index (χ1) is 21.1. The van der Waals surface area contributed by atoms with Crippen LogP contribution in [0.25, 0.3) is 44.3 Å². The Morgan fingerprint density at radius 1 is 0.600 bits per heavy atom. The van der Waals surface area contributed by atoms with Gasteiger partial charge in [0, 0.05) is 32.0 Å². The summed E-state index contributed by atoms with van der Waals surface area (Å²) in [6, 6.07) is 29.9. The van der Waals surface area contributed by atoms with Crippen molar-refractivity contribution >= 4 is 22.7 Å². The molecule has 6 aromatic rings. The third kappa shape index (κ3) is 6.34. The van der Waals surface area contributed by atoms with Crippen LogP contribution in [0, 0.1) is 41.5 Å². The Morgan fingerprint density at radius 3 is 1.80 bits per heavy atom. The van der Waals surface area contributed by atoms with Gasteiger partial charge < -0.3 is 10.2 Å². The normalized spacial score (nSPS) is 11.2. The second kappa shape index (κ2) is 12.8. The molecule has 0 aliphatic carbocycles. The molecular weight excluding hydrogens is 736 g/mol. The van der Waals surface area contributed by atoms with Gasteiger partial charge in [0.25, 0.3) is 0 Å². The molecule has 0 radical (unpaired) electrons. The van der Waals surface area contributed by atoms with Crippen LogP contribution in [0.3, 0.4) is 0 Å². The minimum atomic E-state index is 0. The predicted molar refractivity (Wildman–Crippen MR) is 183 cm³/mol. The van der Waals surface area contributed by atoms with E-state index in [1.165, 1.54) is 33.4 Å². The maximum Gasteiger partial charge on any atom is 0.126 e. The molecule has 0 fully saturated rings. The number of phenols is 2. The van der Waals surface area contributed by atoms with Gasteiger partial charge in [-0.1, -0.05) is 59.7 Å². The molecular formula is C40H36N2O2Pt. The Balaban J connectivity index is 0.00000400. The van der Waals surface area contributed by atoms with Crippen molar-refractivity contribution in [1.82, 2.24) is 4.98 Å². The zero-order valence-corrected chi connectivity index (χ0v) is 28.6. The van der Waals surface area contributed by atoms with Crippen LogP contribution < -0.4 is 0 Å². The minimum absolute atomic E-state index is 0. The first-order valence-electron chi connectivity index (χ1n) is 14.9. The summed E-state index contributed by atoms with van der Waals surface area (Å²) >= 11 is 0. The van der Waals surface area contributed by atoms with Crippen LogP contribution in [0.4, 0.5) is 5.69 Å². The molecule has 0 bridgehead atoms. The van der Waals surface area contributed by atoms with Crippen LogP contribution in [-0.2, 0) is 21.1 Å². The third-order valence-corrected chi connectivity index (χ3v) is 8.25. The molecule has 0 atom stereocenters. The van der Waals surface area contributed by atoms with Gasteiger partial charge in [0.15, 0.2) is 0 Å². The van der Waals surface area contributed by atoms with E-state index in [1.54, 1.807) is 6.21 Å². The van der Waals surface area contributed by atoms with Crippen molar-refractivity contribution in [3.8, 4) is 45.0 Å². The largest absolute Gasteiger partial charge is 0.507 e. The Hall–Kier alpha value is -4.53. The van der Waals surface area contributed by atoms with Crippen molar-refractivity contribution in [2.75, 3.05) is 0 Å². The van der Waals surface area contributed by atoms with Crippen molar-refractivity contribution in [1.29, 1.82) is 0 Å². The summed E-state index contributed by atoms with van der Waals surface area (Å²) in [6.07, 6.45) is 1.70. The molecule has 0 saturated heterocycles. The second-order valence-corrected chi connectivity index (χ2v) is 11.9. The summed E-state index contributed by atoms with van der Waals surface area (Å²) in [5, 5.41) is 23.8. The molecule has 1 aromatic heterocycles. The number of aromatic hydroxyl groups is 2. The van der Waals surface area contributed by atoms with E-state index in [9.17, 15) is 10.2 Å². The summed E-state index contributed by atoms with van der Waals surface area (Å²) < 4.78 is 0. The maximum absolute atomic E-state index is 11.2. The molecule has 228 valence electrons. The Bertz CT molecular complexity index is 2070. The fraction of sp³-hybridized carbons (Fsp3) is 0.150. The number of hydrogen-bond donors (Lipinski definition) is 2. The van der Waals surface area contributed by atoms with E-state index in [-0.39, 0.29) is 32.6 Å². The molecule has 45 heavy (non-hydrogen) atoms. The van der Waals surface area contributed by atoms with E-state index in [1.807, 2.05) is 60.7 Å². The van der Waals surface area contributed by atoms with E-state index in [0.29, 0.717) is 28.0 Å². The molecule has 1 heterocycles. The van der Waals surface area contributed by atoms with Gasteiger partial charge in [0.1, 0.15) is 11.5 Å². The molecule has 4 nitrogen and oxygen atoms in total. The molecule has 2 N–H and O–H groups in total. The van der Waals surface area contributed by atoms with Crippen molar-refractivity contribution < 1.29 is 31.3 Å². The zero-order chi connectivity index (χ0) is 31.1. The van der Waals surface area contributed by atoms with Crippen molar-refractivity contribution in [3.05, 3.63) is 130 Å². The molecule has 0 spiro atoms. The molecule has 0 aliphatic rings. The SMILES string of the molecule is Cc1cc(C)c(-c2ccc(-c3cccc(C=Nc4cccc5cc(-c6c(C)cc(C)cc6C)cc(O)c45)n3)c(O)c2)c(C)c1.[Pt]. The summed E-state index contributed by atoms with van der Waals surface area (Å²) in [7, 11) is 0. The van der Waals surface area contributed by atoms with E-state index in [4.69, 9.17) is 9.98 Å². The van der Waals surface area contributed by atoms with Gasteiger partial charge in [0.05, 0.1) is 23.3 Å². The third-order valence-electron chi connectivity index (χ3n) is 8.25. The van der Waals surface area contributed by atoms with Gasteiger partial charge in [-0.3, -0.25) is 4.99 Å². The number of aryl methyl sites for hydroxylation is 6. The predicted octanol–water partition coefficient (Wildman–Crippen LogP) is 10.2. The van der Waals surface area contributed by atoms with Gasteiger partial charge in [-0.05, 0) is 134 Å². The smallest absolute Gasteiger partial charge is 0.126 e. The number of aliphatic imine (C=N–C) groups is 1. The average molecular weight is 772 g/mol. The van der Waals surface area contributed by atoms with Crippen LogP contribution in [-0.4, -0.2) is 21.4 Å². The fourth-order valence-electron chi connectivity index (χ4n) is 6.62. The first-order valence-corrected chi connectivity index (χ1v) is 14.9. The first kappa shape index (κ1) is 31.9. The van der Waals surface area contributed by atoms with E-state index in [2.05, 4.69) is 71.9 Å². The number of aromatic nitrogens is 1. The van der Waals surface area contributed by atoms with Gasteiger partial charge in [0.2, 0.25) is 0 Å². The number of fused-ring (bicyclic) bond motifs is 1. The van der Waals surface area contributed by atoms with Crippen LogP contribution in [0.15, 0.2) is 96.0 Å². The molecule has 0 unspecified atom stereocenters. The maximum atomic E-state index is 11.2. The monoisotopic (exact) mass is 771 g/mol. The molecule has 0 amide bonds. The molecule has 5 heteroatoms. The van der Waals surface area contributed by atoms with E-state index in [0.717, 1.165) is 27.6 Å². The molecule has 5 aromatic carbocycles. The van der Waals surface area contributed by atoms with Crippen LogP contribution >= 0.6 is 0 Å². The van der Waals surface area contributed by atoms with Crippen molar-refractivity contribution in [2.45, 2.75) is 41.5 Å². The topological polar surface area (TPSA) is 65.7 Å². The number of phenolic OH excluding ortho intramolecular Hbond substituents is 2. The van der Waals surface area contributed by atoms with Crippen molar-refractivity contribution in [2.24, 2.45) is 4.99 Å². The zero-order valence-electron chi connectivity index (χ0n) is 26.3. The Labute approximate surface area is 279 Å². The summed E-state index contributed by atoms with van der Waals surface area (Å²) in [4.78, 5) is 9.52. The van der Waals surface area contributed by atoms with Gasteiger partial charge in [-0.25, -0.2) is 4.98 Å². The number of benzene rings is 5. The van der Waals surface area contributed by atoms with Gasteiger partial charge >= 0.3 is 0 Å².